The molecule has 1 aromatic carbocycles. The molecule has 3 heteroatoms. The van der Waals surface area contributed by atoms with Gasteiger partial charge in [-0.25, -0.2) is 0 Å². The van der Waals surface area contributed by atoms with Crippen molar-refractivity contribution >= 4 is 11.8 Å². The number of benzene rings is 1. The van der Waals surface area contributed by atoms with E-state index in [0.717, 1.165) is 18.7 Å². The van der Waals surface area contributed by atoms with Crippen LogP contribution in [0, 0.1) is 6.92 Å². The molecule has 1 N–H and O–H groups in total. The Bertz CT molecular complexity index is 513. The van der Waals surface area contributed by atoms with Gasteiger partial charge in [-0.2, -0.15) is 0 Å². The maximum Gasteiger partial charge on any atom is 0.0300 e. The summed E-state index contributed by atoms with van der Waals surface area (Å²) >= 11 is 1.93. The van der Waals surface area contributed by atoms with Gasteiger partial charge in [0.05, 0.1) is 0 Å². The van der Waals surface area contributed by atoms with E-state index in [4.69, 9.17) is 0 Å². The highest BCUT2D eigenvalue weighted by Crippen LogP contribution is 2.23. The summed E-state index contributed by atoms with van der Waals surface area (Å²) in [5, 5.41) is 3.57. The predicted octanol–water partition coefficient (Wildman–Crippen LogP) is 3.70. The fourth-order valence-corrected chi connectivity index (χ4v) is 3.28. The van der Waals surface area contributed by atoms with Gasteiger partial charge in [-0.1, -0.05) is 31.2 Å². The Labute approximate surface area is 126 Å². The molecule has 1 heterocycles. The van der Waals surface area contributed by atoms with Gasteiger partial charge in [-0.3, -0.25) is 4.98 Å². The third-order valence-corrected chi connectivity index (χ3v) is 4.57. The third kappa shape index (κ3) is 4.66. The van der Waals surface area contributed by atoms with Crippen LogP contribution >= 0.6 is 11.8 Å². The lowest BCUT2D eigenvalue weighted by Gasteiger charge is -2.18. The second kappa shape index (κ2) is 8.08. The first kappa shape index (κ1) is 15.1. The number of nitrogens with zero attached hydrogens (tertiary/aromatic N) is 1. The maximum atomic E-state index is 4.20. The van der Waals surface area contributed by atoms with Crippen LogP contribution in [0.1, 0.15) is 18.1 Å². The summed E-state index contributed by atoms with van der Waals surface area (Å²) in [6.45, 7) is 5.33. The van der Waals surface area contributed by atoms with Crippen LogP contribution in [0.2, 0.25) is 0 Å². The lowest BCUT2D eigenvalue weighted by Crippen LogP contribution is -2.33. The van der Waals surface area contributed by atoms with Crippen LogP contribution in [-0.4, -0.2) is 23.3 Å². The molecule has 0 spiro atoms. The molecule has 0 bridgehead atoms. The Hall–Kier alpha value is -1.32. The van der Waals surface area contributed by atoms with E-state index in [2.05, 4.69) is 54.5 Å². The SMILES string of the molecule is CCNC(CSc1ccccc1C)Cc1cccnc1. The monoisotopic (exact) mass is 286 g/mol. The van der Waals surface area contributed by atoms with Gasteiger partial charge < -0.3 is 5.32 Å². The molecular weight excluding hydrogens is 264 g/mol. The number of pyridine rings is 1. The van der Waals surface area contributed by atoms with Crippen molar-refractivity contribution in [2.75, 3.05) is 12.3 Å². The molecule has 1 atom stereocenters. The second-order valence-electron chi connectivity index (χ2n) is 4.90. The molecule has 20 heavy (non-hydrogen) atoms. The summed E-state index contributed by atoms with van der Waals surface area (Å²) in [7, 11) is 0. The van der Waals surface area contributed by atoms with Gasteiger partial charge in [0.15, 0.2) is 0 Å². The zero-order valence-corrected chi connectivity index (χ0v) is 13.0. The molecule has 2 rings (SSSR count). The highest BCUT2D eigenvalue weighted by Gasteiger charge is 2.10. The standard InChI is InChI=1S/C17H22N2S/c1-3-19-16(11-15-8-6-10-18-12-15)13-20-17-9-5-4-7-14(17)2/h4-10,12,16,19H,3,11,13H2,1-2H3. The first-order valence-electron chi connectivity index (χ1n) is 7.10. The van der Waals surface area contributed by atoms with Gasteiger partial charge in [0.25, 0.3) is 0 Å². The molecule has 0 fully saturated rings. The van der Waals surface area contributed by atoms with Crippen LogP contribution in [0.5, 0.6) is 0 Å². The fraction of sp³-hybridized carbons (Fsp3) is 0.353. The van der Waals surface area contributed by atoms with Gasteiger partial charge in [0.2, 0.25) is 0 Å². The Balaban J connectivity index is 1.94. The molecule has 2 aromatic rings. The number of hydrogen-bond acceptors (Lipinski definition) is 3. The molecule has 0 aliphatic heterocycles. The molecular formula is C17H22N2S. The topological polar surface area (TPSA) is 24.9 Å². The second-order valence-corrected chi connectivity index (χ2v) is 5.96. The Morgan fingerprint density at radius 3 is 2.75 bits per heavy atom. The van der Waals surface area contributed by atoms with E-state index in [0.29, 0.717) is 6.04 Å². The minimum atomic E-state index is 0.480. The van der Waals surface area contributed by atoms with Crippen LogP contribution < -0.4 is 5.32 Å². The summed E-state index contributed by atoms with van der Waals surface area (Å²) < 4.78 is 0. The normalized spacial score (nSPS) is 12.3. The number of aryl methyl sites for hydroxylation is 1. The first-order valence-corrected chi connectivity index (χ1v) is 8.09. The van der Waals surface area contributed by atoms with Crippen molar-refractivity contribution in [2.45, 2.75) is 31.2 Å². The van der Waals surface area contributed by atoms with Crippen molar-refractivity contribution in [3.05, 3.63) is 59.9 Å². The molecule has 2 nitrogen and oxygen atoms in total. The highest BCUT2D eigenvalue weighted by molar-refractivity contribution is 7.99. The molecule has 0 aliphatic carbocycles. The summed E-state index contributed by atoms with van der Waals surface area (Å²) in [5.74, 6) is 1.08. The summed E-state index contributed by atoms with van der Waals surface area (Å²) in [5.41, 5.74) is 2.65. The molecule has 1 aromatic heterocycles. The van der Waals surface area contributed by atoms with Gasteiger partial charge in [0, 0.05) is 29.1 Å². The molecule has 106 valence electrons. The van der Waals surface area contributed by atoms with Crippen molar-refractivity contribution in [3.63, 3.8) is 0 Å². The van der Waals surface area contributed by atoms with Crippen LogP contribution in [0.25, 0.3) is 0 Å². The smallest absolute Gasteiger partial charge is 0.0300 e. The highest BCUT2D eigenvalue weighted by atomic mass is 32.2. The van der Waals surface area contributed by atoms with Crippen LogP contribution in [0.15, 0.2) is 53.7 Å². The van der Waals surface area contributed by atoms with Gasteiger partial charge in [-0.15, -0.1) is 11.8 Å². The predicted molar refractivity (Wildman–Crippen MR) is 87.3 cm³/mol. The number of rotatable bonds is 7. The average Bonchev–Trinajstić information content (AvgIpc) is 2.47. The largest absolute Gasteiger partial charge is 0.313 e. The van der Waals surface area contributed by atoms with E-state index in [1.165, 1.54) is 16.0 Å². The molecule has 0 saturated heterocycles. The van der Waals surface area contributed by atoms with E-state index in [1.54, 1.807) is 0 Å². The lowest BCUT2D eigenvalue weighted by atomic mass is 10.1. The molecule has 0 aliphatic rings. The zero-order chi connectivity index (χ0) is 14.2. The van der Waals surface area contributed by atoms with Crippen LogP contribution in [0.4, 0.5) is 0 Å². The van der Waals surface area contributed by atoms with Crippen molar-refractivity contribution in [1.29, 1.82) is 0 Å². The Morgan fingerprint density at radius 1 is 1.20 bits per heavy atom. The molecule has 0 amide bonds. The Morgan fingerprint density at radius 2 is 2.05 bits per heavy atom. The van der Waals surface area contributed by atoms with Crippen molar-refractivity contribution in [1.82, 2.24) is 10.3 Å². The van der Waals surface area contributed by atoms with Gasteiger partial charge >= 0.3 is 0 Å². The van der Waals surface area contributed by atoms with E-state index in [-0.39, 0.29) is 0 Å². The third-order valence-electron chi connectivity index (χ3n) is 3.23. The minimum absolute atomic E-state index is 0.480. The van der Waals surface area contributed by atoms with Gasteiger partial charge in [0.1, 0.15) is 0 Å². The minimum Gasteiger partial charge on any atom is -0.313 e. The van der Waals surface area contributed by atoms with Crippen molar-refractivity contribution in [3.8, 4) is 0 Å². The summed E-state index contributed by atoms with van der Waals surface area (Å²) in [4.78, 5) is 5.57. The van der Waals surface area contributed by atoms with Crippen LogP contribution in [-0.2, 0) is 6.42 Å². The number of hydrogen-bond donors (Lipinski definition) is 1. The average molecular weight is 286 g/mol. The summed E-state index contributed by atoms with van der Waals surface area (Å²) in [6.07, 6.45) is 4.82. The molecule has 0 radical (unpaired) electrons. The van der Waals surface area contributed by atoms with Gasteiger partial charge in [-0.05, 0) is 43.1 Å². The van der Waals surface area contributed by atoms with Crippen molar-refractivity contribution in [2.24, 2.45) is 0 Å². The van der Waals surface area contributed by atoms with Crippen molar-refractivity contribution < 1.29 is 0 Å². The molecule has 0 saturated carbocycles. The number of nitrogens with one attached hydrogen (secondary N) is 1. The number of thioether (sulfide) groups is 1. The first-order chi connectivity index (χ1) is 9.79. The van der Waals surface area contributed by atoms with E-state index in [9.17, 15) is 0 Å². The number of aromatic nitrogens is 1. The van der Waals surface area contributed by atoms with Crippen LogP contribution in [0.3, 0.4) is 0 Å². The van der Waals surface area contributed by atoms with E-state index in [1.807, 2.05) is 30.2 Å². The zero-order valence-electron chi connectivity index (χ0n) is 12.2. The van der Waals surface area contributed by atoms with E-state index < -0.39 is 0 Å². The van der Waals surface area contributed by atoms with E-state index >= 15 is 0 Å². The number of likely N-dealkylation sites (N-methyl/N-ethyl adjacent to an activating group) is 1. The summed E-state index contributed by atoms with van der Waals surface area (Å²) in [6, 6.07) is 13.2. The fourth-order valence-electron chi connectivity index (χ4n) is 2.19. The Kier molecular flexibility index (Phi) is 6.09. The lowest BCUT2D eigenvalue weighted by molar-refractivity contribution is 0.572. The molecule has 1 unspecified atom stereocenters. The quantitative estimate of drug-likeness (QED) is 0.786. The maximum absolute atomic E-state index is 4.20.